The zero-order valence-electron chi connectivity index (χ0n) is 22.0. The summed E-state index contributed by atoms with van der Waals surface area (Å²) in [5.41, 5.74) is 2.54. The average molecular weight is 588 g/mol. The van der Waals surface area contributed by atoms with Crippen molar-refractivity contribution in [1.29, 1.82) is 0 Å². The highest BCUT2D eigenvalue weighted by molar-refractivity contribution is 5.96. The monoisotopic (exact) mass is 587 g/mol. The molecule has 3 aliphatic rings. The maximum absolute atomic E-state index is 14.0. The van der Waals surface area contributed by atoms with E-state index in [0.717, 1.165) is 33.7 Å². The summed E-state index contributed by atoms with van der Waals surface area (Å²) in [6.07, 6.45) is -4.31. The van der Waals surface area contributed by atoms with Crippen molar-refractivity contribution in [1.82, 2.24) is 15.2 Å². The van der Waals surface area contributed by atoms with E-state index >= 15 is 0 Å². The molecule has 42 heavy (non-hydrogen) atoms. The van der Waals surface area contributed by atoms with Crippen molar-refractivity contribution in [2.45, 2.75) is 49.2 Å². The summed E-state index contributed by atoms with van der Waals surface area (Å²) in [6.45, 7) is -0.878. The van der Waals surface area contributed by atoms with Crippen LogP contribution in [0.25, 0.3) is 0 Å². The van der Waals surface area contributed by atoms with E-state index in [9.17, 15) is 36.6 Å². The highest BCUT2D eigenvalue weighted by atomic mass is 19.4. The number of alkyl halides is 3. The van der Waals surface area contributed by atoms with Gasteiger partial charge in [0.2, 0.25) is 11.8 Å². The molecule has 1 fully saturated rings. The maximum Gasteiger partial charge on any atom is 0.391 e. The Morgan fingerprint density at radius 2 is 1.83 bits per heavy atom. The Bertz CT molecular complexity index is 1550. The number of halogens is 5. The molecule has 4 N–H and O–H groups in total. The van der Waals surface area contributed by atoms with Crippen molar-refractivity contribution in [3.8, 4) is 0 Å². The predicted octanol–water partition coefficient (Wildman–Crippen LogP) is 3.57. The third kappa shape index (κ3) is 5.18. The van der Waals surface area contributed by atoms with Crippen molar-refractivity contribution in [3.05, 3.63) is 88.6 Å². The lowest BCUT2D eigenvalue weighted by Crippen LogP contribution is -2.58. The molecule has 0 radical (unpaired) electrons. The molecule has 3 heterocycles. The first-order valence-corrected chi connectivity index (χ1v) is 13.3. The van der Waals surface area contributed by atoms with Gasteiger partial charge >= 0.3 is 6.18 Å². The first-order chi connectivity index (χ1) is 19.9. The molecule has 0 bridgehead atoms. The number of benzene rings is 2. The number of aliphatic hydroxyl groups excluding tert-OH is 1. The van der Waals surface area contributed by atoms with E-state index in [2.05, 4.69) is 20.9 Å². The highest BCUT2D eigenvalue weighted by Crippen LogP contribution is 2.48. The normalized spacial score (nSPS) is 24.9. The van der Waals surface area contributed by atoms with E-state index in [1.54, 1.807) is 24.4 Å². The maximum atomic E-state index is 14.0. The zero-order chi connectivity index (χ0) is 29.8. The molecule has 4 atom stereocenters. The Morgan fingerprint density at radius 3 is 2.57 bits per heavy atom. The number of hydrogen-bond acceptors (Lipinski definition) is 6. The van der Waals surface area contributed by atoms with E-state index in [1.807, 2.05) is 12.1 Å². The SMILES string of the molecule is O=C(CN1C(=O)C(CC(F)(F)F)NCC1c1cc(F)cc(F)c1)Nc1ccc2c(c1)CC1(C2)c2cccnc2NC1O. The second-order valence-corrected chi connectivity index (χ2v) is 11.0. The minimum Gasteiger partial charge on any atom is -0.373 e. The van der Waals surface area contributed by atoms with Crippen LogP contribution >= 0.6 is 0 Å². The molecule has 13 heteroatoms. The first kappa shape index (κ1) is 28.0. The van der Waals surface area contributed by atoms with Gasteiger partial charge < -0.3 is 26.0 Å². The highest BCUT2D eigenvalue weighted by Gasteiger charge is 2.50. The molecule has 1 spiro atoms. The van der Waals surface area contributed by atoms with Crippen molar-refractivity contribution in [2.24, 2.45) is 0 Å². The molecule has 220 valence electrons. The second kappa shape index (κ2) is 10.3. The van der Waals surface area contributed by atoms with Gasteiger partial charge in [-0.2, -0.15) is 13.2 Å². The molecular weight excluding hydrogens is 561 g/mol. The number of fused-ring (bicyclic) bond motifs is 3. The number of carbonyl (C=O) groups excluding carboxylic acids is 2. The lowest BCUT2D eigenvalue weighted by molar-refractivity contribution is -0.160. The summed E-state index contributed by atoms with van der Waals surface area (Å²) in [5.74, 6) is -2.92. The fourth-order valence-corrected chi connectivity index (χ4v) is 6.31. The molecule has 6 rings (SSSR count). The van der Waals surface area contributed by atoms with E-state index in [0.29, 0.717) is 30.4 Å². The largest absolute Gasteiger partial charge is 0.391 e. The number of amides is 2. The number of aromatic nitrogens is 1. The Morgan fingerprint density at radius 1 is 1.10 bits per heavy atom. The average Bonchev–Trinajstić information content (AvgIpc) is 3.42. The number of pyridine rings is 1. The standard InChI is InChI=1S/C29H26F5N5O3/c30-18-6-16(7-19(31)9-18)23-13-36-22(12-29(32,33)34)26(41)39(23)14-24(40)37-20-4-3-15-10-28(11-17(15)8-20)21-2-1-5-35-25(21)38-27(28)42/h1-9,22-23,27,36,42H,10-14H2,(H,35,38)(H,37,40). The summed E-state index contributed by atoms with van der Waals surface area (Å²) in [6, 6.07) is 8.84. The van der Waals surface area contributed by atoms with Crippen LogP contribution in [-0.4, -0.2) is 58.3 Å². The number of piperazine rings is 1. The third-order valence-electron chi connectivity index (χ3n) is 8.18. The lowest BCUT2D eigenvalue weighted by atomic mass is 9.79. The van der Waals surface area contributed by atoms with Crippen molar-refractivity contribution in [3.63, 3.8) is 0 Å². The van der Waals surface area contributed by atoms with Crippen LogP contribution in [0.4, 0.5) is 33.5 Å². The van der Waals surface area contributed by atoms with E-state index in [1.165, 1.54) is 0 Å². The molecular formula is C29H26F5N5O3. The molecule has 0 saturated carbocycles. The van der Waals surface area contributed by atoms with E-state index < -0.39 is 66.3 Å². The zero-order valence-corrected chi connectivity index (χ0v) is 22.0. The third-order valence-corrected chi connectivity index (χ3v) is 8.18. The van der Waals surface area contributed by atoms with Gasteiger partial charge in [-0.15, -0.1) is 0 Å². The van der Waals surface area contributed by atoms with Gasteiger partial charge in [-0.1, -0.05) is 12.1 Å². The van der Waals surface area contributed by atoms with Gasteiger partial charge in [-0.05, 0) is 59.9 Å². The Balaban J connectivity index is 1.21. The van der Waals surface area contributed by atoms with Gasteiger partial charge in [0.05, 0.1) is 23.9 Å². The van der Waals surface area contributed by atoms with Crippen LogP contribution in [0.3, 0.4) is 0 Å². The van der Waals surface area contributed by atoms with Gasteiger partial charge in [0.1, 0.15) is 30.2 Å². The smallest absolute Gasteiger partial charge is 0.373 e. The van der Waals surface area contributed by atoms with Gasteiger partial charge in [-0.3, -0.25) is 9.59 Å². The van der Waals surface area contributed by atoms with Gasteiger partial charge in [-0.25, -0.2) is 13.8 Å². The van der Waals surface area contributed by atoms with Crippen molar-refractivity contribution >= 4 is 23.3 Å². The van der Waals surface area contributed by atoms with Gasteiger partial charge in [0, 0.05) is 30.1 Å². The molecule has 1 saturated heterocycles. The van der Waals surface area contributed by atoms with Crippen molar-refractivity contribution in [2.75, 3.05) is 23.7 Å². The van der Waals surface area contributed by atoms with E-state index in [-0.39, 0.29) is 12.1 Å². The number of hydrogen-bond donors (Lipinski definition) is 4. The number of nitrogens with one attached hydrogen (secondary N) is 3. The van der Waals surface area contributed by atoms with Gasteiger partial charge in [0.25, 0.3) is 0 Å². The first-order valence-electron chi connectivity index (χ1n) is 13.3. The molecule has 2 aliphatic heterocycles. The minimum absolute atomic E-state index is 0.00735. The summed E-state index contributed by atoms with van der Waals surface area (Å²) in [4.78, 5) is 31.5. The topological polar surface area (TPSA) is 107 Å². The fourth-order valence-electron chi connectivity index (χ4n) is 6.31. The molecule has 1 aliphatic carbocycles. The number of aliphatic hydroxyl groups is 1. The predicted molar refractivity (Wildman–Crippen MR) is 141 cm³/mol. The lowest BCUT2D eigenvalue weighted by Gasteiger charge is -2.40. The summed E-state index contributed by atoms with van der Waals surface area (Å²) >= 11 is 0. The number of anilines is 2. The Hall–Kier alpha value is -4.10. The Kier molecular flexibility index (Phi) is 6.89. The Labute approximate surface area is 236 Å². The van der Waals surface area contributed by atoms with E-state index in [4.69, 9.17) is 0 Å². The van der Waals surface area contributed by atoms with Crippen LogP contribution in [0.1, 0.15) is 34.7 Å². The number of carbonyl (C=O) groups is 2. The van der Waals surface area contributed by atoms with Crippen LogP contribution in [0.5, 0.6) is 0 Å². The van der Waals surface area contributed by atoms with Crippen LogP contribution in [0.15, 0.2) is 54.7 Å². The molecule has 3 aromatic rings. The summed E-state index contributed by atoms with van der Waals surface area (Å²) in [5, 5.41) is 19.1. The van der Waals surface area contributed by atoms with Crippen LogP contribution in [0, 0.1) is 11.6 Å². The molecule has 2 amide bonds. The number of rotatable bonds is 5. The molecule has 2 aromatic carbocycles. The molecule has 8 nitrogen and oxygen atoms in total. The van der Waals surface area contributed by atoms with Crippen LogP contribution in [-0.2, 0) is 27.8 Å². The second-order valence-electron chi connectivity index (χ2n) is 11.0. The molecule has 1 aromatic heterocycles. The van der Waals surface area contributed by atoms with Gasteiger partial charge in [0.15, 0.2) is 0 Å². The quantitative estimate of drug-likeness (QED) is 0.340. The summed E-state index contributed by atoms with van der Waals surface area (Å²) in [7, 11) is 0. The molecule has 4 unspecified atom stereocenters. The fraction of sp³-hybridized carbons (Fsp3) is 0.345. The summed E-state index contributed by atoms with van der Waals surface area (Å²) < 4.78 is 67.3. The number of nitrogens with zero attached hydrogens (tertiary/aromatic N) is 2. The minimum atomic E-state index is -4.65. The van der Waals surface area contributed by atoms with Crippen LogP contribution in [0.2, 0.25) is 0 Å². The van der Waals surface area contributed by atoms with Crippen molar-refractivity contribution < 1.29 is 36.6 Å². The van der Waals surface area contributed by atoms with Crippen LogP contribution < -0.4 is 16.0 Å².